The van der Waals surface area contributed by atoms with E-state index in [1.54, 1.807) is 0 Å². The van der Waals surface area contributed by atoms with Crippen LogP contribution in [0.3, 0.4) is 0 Å². The monoisotopic (exact) mass is 1250 g/mol. The highest BCUT2D eigenvalue weighted by Gasteiger charge is 2.30. The maximum atomic E-state index is 13.0. The van der Waals surface area contributed by atoms with Crippen LogP contribution in [0.5, 0.6) is 0 Å². The van der Waals surface area contributed by atoms with E-state index in [0.717, 1.165) is 109 Å². The highest BCUT2D eigenvalue weighted by Crippen LogP contribution is 2.45. The summed E-state index contributed by atoms with van der Waals surface area (Å²) in [4.78, 5) is 72.2. The van der Waals surface area contributed by atoms with E-state index in [1.165, 1.54) is 148 Å². The second-order valence-corrected chi connectivity index (χ2v) is 27.2. The van der Waals surface area contributed by atoms with Gasteiger partial charge in [-0.05, 0) is 31.6 Å². The van der Waals surface area contributed by atoms with Crippen LogP contribution in [0.1, 0.15) is 336 Å². The van der Waals surface area contributed by atoms with Gasteiger partial charge in [-0.2, -0.15) is 0 Å². The summed E-state index contributed by atoms with van der Waals surface area (Å²) in [6, 6.07) is 0. The van der Waals surface area contributed by atoms with E-state index in [9.17, 15) is 43.2 Å². The van der Waals surface area contributed by atoms with Crippen LogP contribution in [0.25, 0.3) is 0 Å². The Morgan fingerprint density at radius 2 is 0.541 bits per heavy atom. The van der Waals surface area contributed by atoms with E-state index in [4.69, 9.17) is 37.0 Å². The summed E-state index contributed by atoms with van der Waals surface area (Å²) in [5.74, 6) is -1.38. The third-order valence-corrected chi connectivity index (χ3v) is 17.2. The van der Waals surface area contributed by atoms with E-state index in [0.29, 0.717) is 25.7 Å². The van der Waals surface area contributed by atoms with E-state index in [-0.39, 0.29) is 25.7 Å². The zero-order valence-corrected chi connectivity index (χ0v) is 56.5. The molecule has 0 rings (SSSR count). The molecule has 2 unspecified atom stereocenters. The van der Waals surface area contributed by atoms with Crippen molar-refractivity contribution < 1.29 is 80.2 Å². The molecule has 0 aromatic heterocycles. The molecule has 504 valence electrons. The molecule has 0 amide bonds. The van der Waals surface area contributed by atoms with Gasteiger partial charge in [0.2, 0.25) is 0 Å². The van der Waals surface area contributed by atoms with Gasteiger partial charge in [-0.1, -0.05) is 285 Å². The molecule has 85 heavy (non-hydrogen) atoms. The first-order chi connectivity index (χ1) is 41.0. The molecule has 17 nitrogen and oxygen atoms in total. The van der Waals surface area contributed by atoms with Gasteiger partial charge in [-0.15, -0.1) is 0 Å². The topological polar surface area (TPSA) is 237 Å². The van der Waals surface area contributed by atoms with Crippen molar-refractivity contribution in [2.24, 2.45) is 5.92 Å². The molecule has 5 atom stereocenters. The first-order valence-corrected chi connectivity index (χ1v) is 37.6. The van der Waals surface area contributed by atoms with Gasteiger partial charge in [0.15, 0.2) is 12.2 Å². The maximum Gasteiger partial charge on any atom is 0.472 e. The Hall–Kier alpha value is -1.94. The van der Waals surface area contributed by atoms with Crippen LogP contribution in [-0.2, 0) is 65.4 Å². The fourth-order valence-corrected chi connectivity index (χ4v) is 11.5. The molecule has 0 aromatic rings. The molecule has 0 aliphatic heterocycles. The number of phosphoric ester groups is 2. The number of phosphoric acid groups is 2. The number of hydrogen-bond donors (Lipinski definition) is 3. The van der Waals surface area contributed by atoms with Crippen LogP contribution >= 0.6 is 15.6 Å². The predicted octanol–water partition coefficient (Wildman–Crippen LogP) is 18.6. The van der Waals surface area contributed by atoms with E-state index < -0.39 is 97.5 Å². The van der Waals surface area contributed by atoms with Crippen LogP contribution < -0.4 is 0 Å². The van der Waals surface area contributed by atoms with Crippen molar-refractivity contribution in [1.82, 2.24) is 0 Å². The predicted molar refractivity (Wildman–Crippen MR) is 340 cm³/mol. The fraction of sp³-hybridized carbons (Fsp3) is 0.939. The minimum atomic E-state index is -4.95. The molecular formula is C66H128O17P2. The Labute approximate surface area is 517 Å². The number of ether oxygens (including phenoxy) is 4. The normalized spacial score (nSPS) is 14.2. The van der Waals surface area contributed by atoms with Gasteiger partial charge in [-0.3, -0.25) is 37.3 Å². The average Bonchev–Trinajstić information content (AvgIpc) is 3.54. The second-order valence-electron chi connectivity index (χ2n) is 24.3. The first kappa shape index (κ1) is 83.1. The largest absolute Gasteiger partial charge is 0.472 e. The maximum absolute atomic E-state index is 13.0. The minimum Gasteiger partial charge on any atom is -0.462 e. The molecular weight excluding hydrogens is 1130 g/mol. The zero-order valence-electron chi connectivity index (χ0n) is 54.7. The first-order valence-electron chi connectivity index (χ1n) is 34.6. The zero-order chi connectivity index (χ0) is 62.8. The van der Waals surface area contributed by atoms with Crippen LogP contribution in [0, 0.1) is 5.92 Å². The van der Waals surface area contributed by atoms with Gasteiger partial charge in [0.1, 0.15) is 19.3 Å². The molecule has 0 aliphatic rings. The molecule has 0 fully saturated rings. The molecule has 3 N–H and O–H groups in total. The Morgan fingerprint density at radius 1 is 0.318 bits per heavy atom. The SMILES string of the molecule is CCCCCCCCCCCCCCCC(=O)OC[C@H](COP(=O)(O)OC[C@@H](O)COP(=O)(O)OC[C@@H](COC(=O)CCCCCCCCC)OC(=O)CCCCCCCCCCCCCC)OC(=O)CCCCCCCCCCCCC(C)C. The van der Waals surface area contributed by atoms with Crippen molar-refractivity contribution in [1.29, 1.82) is 0 Å². The van der Waals surface area contributed by atoms with Gasteiger partial charge < -0.3 is 33.8 Å². The minimum absolute atomic E-state index is 0.106. The number of aliphatic hydroxyl groups is 1. The lowest BCUT2D eigenvalue weighted by Crippen LogP contribution is -2.30. The fourth-order valence-electron chi connectivity index (χ4n) is 9.94. The van der Waals surface area contributed by atoms with Crippen LogP contribution in [0.4, 0.5) is 0 Å². The lowest BCUT2D eigenvalue weighted by Gasteiger charge is -2.21. The van der Waals surface area contributed by atoms with Gasteiger partial charge in [0.05, 0.1) is 26.4 Å². The summed E-state index contributed by atoms with van der Waals surface area (Å²) in [6.07, 6.45) is 44.4. The molecule has 0 saturated carbocycles. The molecule has 0 aromatic carbocycles. The van der Waals surface area contributed by atoms with Gasteiger partial charge in [0, 0.05) is 25.7 Å². The summed E-state index contributed by atoms with van der Waals surface area (Å²) < 4.78 is 68.0. The molecule has 0 spiro atoms. The number of carbonyl (C=O) groups excluding carboxylic acids is 4. The van der Waals surface area contributed by atoms with Crippen molar-refractivity contribution in [2.75, 3.05) is 39.6 Å². The second kappa shape index (κ2) is 59.7. The van der Waals surface area contributed by atoms with Crippen molar-refractivity contribution in [3.05, 3.63) is 0 Å². The third-order valence-electron chi connectivity index (χ3n) is 15.3. The summed E-state index contributed by atoms with van der Waals surface area (Å²) >= 11 is 0. The highest BCUT2D eigenvalue weighted by molar-refractivity contribution is 7.47. The van der Waals surface area contributed by atoms with E-state index >= 15 is 0 Å². The number of aliphatic hydroxyl groups excluding tert-OH is 1. The standard InChI is InChI=1S/C66H128O17P2/c1-6-9-12-15-18-20-22-24-26-30-35-40-45-50-64(69)77-56-62(83-66(71)52-47-42-37-32-28-27-29-34-38-43-48-59(4)5)58-81-85(74,75)79-54-60(67)53-78-84(72,73)80-57-61(55-76-63(68)49-44-39-33-17-14-11-8-3)82-65(70)51-46-41-36-31-25-23-21-19-16-13-10-7-2/h59-62,67H,6-58H2,1-5H3,(H,72,73)(H,74,75)/t60-,61+,62+/m0/s1. The molecule has 0 radical (unpaired) electrons. The summed E-state index contributed by atoms with van der Waals surface area (Å²) in [6.45, 7) is 7.17. The van der Waals surface area contributed by atoms with Crippen molar-refractivity contribution in [3.63, 3.8) is 0 Å². The third kappa shape index (κ3) is 60.7. The molecule has 0 heterocycles. The Balaban J connectivity index is 5.21. The Bertz CT molecular complexity index is 1650. The van der Waals surface area contributed by atoms with Gasteiger partial charge in [0.25, 0.3) is 0 Å². The smallest absolute Gasteiger partial charge is 0.462 e. The number of rotatable bonds is 66. The van der Waals surface area contributed by atoms with Crippen LogP contribution in [-0.4, -0.2) is 96.7 Å². The summed E-state index contributed by atoms with van der Waals surface area (Å²) in [7, 11) is -9.89. The van der Waals surface area contributed by atoms with Gasteiger partial charge in [-0.25, -0.2) is 9.13 Å². The van der Waals surface area contributed by atoms with E-state index in [1.807, 2.05) is 0 Å². The number of carbonyl (C=O) groups is 4. The highest BCUT2D eigenvalue weighted by atomic mass is 31.2. The summed E-state index contributed by atoms with van der Waals surface area (Å²) in [5.41, 5.74) is 0. The Kier molecular flexibility index (Phi) is 58.3. The molecule has 0 aliphatic carbocycles. The molecule has 0 bridgehead atoms. The Morgan fingerprint density at radius 3 is 0.800 bits per heavy atom. The van der Waals surface area contributed by atoms with Crippen LogP contribution in [0.15, 0.2) is 0 Å². The summed E-state index contributed by atoms with van der Waals surface area (Å²) in [5, 5.41) is 10.5. The van der Waals surface area contributed by atoms with Crippen molar-refractivity contribution in [2.45, 2.75) is 355 Å². The lowest BCUT2D eigenvalue weighted by molar-refractivity contribution is -0.161. The van der Waals surface area contributed by atoms with Crippen molar-refractivity contribution >= 4 is 39.5 Å². The van der Waals surface area contributed by atoms with Crippen molar-refractivity contribution in [3.8, 4) is 0 Å². The van der Waals surface area contributed by atoms with Crippen LogP contribution in [0.2, 0.25) is 0 Å². The van der Waals surface area contributed by atoms with Gasteiger partial charge >= 0.3 is 39.5 Å². The molecule has 0 saturated heterocycles. The lowest BCUT2D eigenvalue weighted by atomic mass is 10.0. The number of esters is 4. The van der Waals surface area contributed by atoms with E-state index in [2.05, 4.69) is 34.6 Å². The average molecular weight is 1260 g/mol. The number of hydrogen-bond acceptors (Lipinski definition) is 15. The quantitative estimate of drug-likeness (QED) is 0.0222. The number of unbranched alkanes of at least 4 members (excludes halogenated alkanes) is 38. The molecule has 19 heteroatoms.